The number of benzene rings is 1. The average Bonchev–Trinajstić information content (AvgIpc) is 2.13. The van der Waals surface area contributed by atoms with Crippen molar-refractivity contribution in [3.05, 3.63) is 29.0 Å². The molecule has 0 radical (unpaired) electrons. The van der Waals surface area contributed by atoms with E-state index in [1.54, 1.807) is 13.0 Å². The van der Waals surface area contributed by atoms with Crippen LogP contribution in [0.2, 0.25) is 5.02 Å². The SMILES string of the molecule is CCC(=O)Nc1cccc(Cl)c1F. The van der Waals surface area contributed by atoms with E-state index in [9.17, 15) is 9.18 Å². The van der Waals surface area contributed by atoms with Crippen molar-refractivity contribution in [1.29, 1.82) is 0 Å². The monoisotopic (exact) mass is 201 g/mol. The van der Waals surface area contributed by atoms with Gasteiger partial charge in [0.15, 0.2) is 5.82 Å². The van der Waals surface area contributed by atoms with Gasteiger partial charge in [-0.1, -0.05) is 24.6 Å². The van der Waals surface area contributed by atoms with Gasteiger partial charge in [-0.3, -0.25) is 4.79 Å². The molecule has 0 bridgehead atoms. The van der Waals surface area contributed by atoms with Gasteiger partial charge >= 0.3 is 0 Å². The summed E-state index contributed by atoms with van der Waals surface area (Å²) in [6.07, 6.45) is 0.311. The Labute approximate surface area is 80.7 Å². The van der Waals surface area contributed by atoms with E-state index in [1.807, 2.05) is 0 Å². The van der Waals surface area contributed by atoms with Crippen molar-refractivity contribution in [3.63, 3.8) is 0 Å². The van der Waals surface area contributed by atoms with Crippen LogP contribution in [0.15, 0.2) is 18.2 Å². The molecule has 0 fully saturated rings. The van der Waals surface area contributed by atoms with E-state index in [0.29, 0.717) is 6.42 Å². The number of amides is 1. The van der Waals surface area contributed by atoms with Crippen LogP contribution in [0.3, 0.4) is 0 Å². The van der Waals surface area contributed by atoms with Crippen LogP contribution in [-0.4, -0.2) is 5.91 Å². The van der Waals surface area contributed by atoms with Crippen molar-refractivity contribution in [3.8, 4) is 0 Å². The van der Waals surface area contributed by atoms with Gasteiger partial charge in [-0.05, 0) is 12.1 Å². The number of hydrogen-bond donors (Lipinski definition) is 1. The van der Waals surface area contributed by atoms with Gasteiger partial charge in [0.05, 0.1) is 10.7 Å². The van der Waals surface area contributed by atoms with E-state index in [0.717, 1.165) is 0 Å². The molecule has 0 atom stereocenters. The zero-order chi connectivity index (χ0) is 9.84. The molecule has 0 spiro atoms. The Bertz CT molecular complexity index is 327. The van der Waals surface area contributed by atoms with Crippen LogP contribution in [0.1, 0.15) is 13.3 Å². The smallest absolute Gasteiger partial charge is 0.224 e. The molecule has 1 aromatic rings. The molecule has 70 valence electrons. The van der Waals surface area contributed by atoms with Crippen LogP contribution >= 0.6 is 11.6 Å². The molecule has 1 N–H and O–H groups in total. The second kappa shape index (κ2) is 4.23. The lowest BCUT2D eigenvalue weighted by Crippen LogP contribution is -2.10. The van der Waals surface area contributed by atoms with E-state index >= 15 is 0 Å². The molecule has 0 aliphatic heterocycles. The lowest BCUT2D eigenvalue weighted by Gasteiger charge is -2.04. The first-order valence-electron chi connectivity index (χ1n) is 3.89. The Kier molecular flexibility index (Phi) is 3.25. The molecule has 13 heavy (non-hydrogen) atoms. The highest BCUT2D eigenvalue weighted by Gasteiger charge is 2.07. The molecule has 2 nitrogen and oxygen atoms in total. The quantitative estimate of drug-likeness (QED) is 0.783. The van der Waals surface area contributed by atoms with Gasteiger partial charge in [0.1, 0.15) is 0 Å². The van der Waals surface area contributed by atoms with E-state index in [1.165, 1.54) is 12.1 Å². The summed E-state index contributed by atoms with van der Waals surface area (Å²) >= 11 is 5.51. The molecule has 4 heteroatoms. The summed E-state index contributed by atoms with van der Waals surface area (Å²) in [5.41, 5.74) is 0.124. The molecular weight excluding hydrogens is 193 g/mol. The first kappa shape index (κ1) is 9.99. The molecule has 0 saturated carbocycles. The summed E-state index contributed by atoms with van der Waals surface area (Å²) in [7, 11) is 0. The summed E-state index contributed by atoms with van der Waals surface area (Å²) in [4.78, 5) is 10.9. The highest BCUT2D eigenvalue weighted by molar-refractivity contribution is 6.31. The van der Waals surface area contributed by atoms with Gasteiger partial charge < -0.3 is 5.32 Å². The van der Waals surface area contributed by atoms with Crippen molar-refractivity contribution >= 4 is 23.2 Å². The van der Waals surface area contributed by atoms with Crippen molar-refractivity contribution in [2.75, 3.05) is 5.32 Å². The van der Waals surface area contributed by atoms with E-state index in [2.05, 4.69) is 5.32 Å². The predicted molar refractivity (Wildman–Crippen MR) is 50.3 cm³/mol. The maximum absolute atomic E-state index is 13.2. The Morgan fingerprint density at radius 1 is 1.62 bits per heavy atom. The fraction of sp³-hybridized carbons (Fsp3) is 0.222. The maximum atomic E-state index is 13.2. The van der Waals surface area contributed by atoms with Crippen molar-refractivity contribution < 1.29 is 9.18 Å². The summed E-state index contributed by atoms with van der Waals surface area (Å²) in [6.45, 7) is 1.69. The van der Waals surface area contributed by atoms with Gasteiger partial charge in [-0.25, -0.2) is 4.39 Å². The first-order valence-corrected chi connectivity index (χ1v) is 4.26. The largest absolute Gasteiger partial charge is 0.324 e. The minimum atomic E-state index is -0.592. The molecule has 0 saturated heterocycles. The van der Waals surface area contributed by atoms with Gasteiger partial charge in [-0.15, -0.1) is 0 Å². The molecular formula is C9H9ClFNO. The zero-order valence-electron chi connectivity index (χ0n) is 7.10. The van der Waals surface area contributed by atoms with Crippen molar-refractivity contribution in [2.45, 2.75) is 13.3 Å². The zero-order valence-corrected chi connectivity index (χ0v) is 7.86. The summed E-state index contributed by atoms with van der Waals surface area (Å²) < 4.78 is 13.2. The predicted octanol–water partition coefficient (Wildman–Crippen LogP) is 2.83. The first-order chi connectivity index (χ1) is 6.15. The van der Waals surface area contributed by atoms with Crippen LogP contribution in [0.4, 0.5) is 10.1 Å². The highest BCUT2D eigenvalue weighted by Crippen LogP contribution is 2.21. The van der Waals surface area contributed by atoms with Crippen molar-refractivity contribution in [1.82, 2.24) is 0 Å². The molecule has 0 unspecified atom stereocenters. The number of carbonyl (C=O) groups is 1. The molecule has 1 rings (SSSR count). The van der Waals surface area contributed by atoms with Crippen LogP contribution in [0.5, 0.6) is 0 Å². The minimum absolute atomic E-state index is 0.00824. The Morgan fingerprint density at radius 3 is 2.92 bits per heavy atom. The number of hydrogen-bond acceptors (Lipinski definition) is 1. The van der Waals surface area contributed by atoms with Gasteiger partial charge in [0.2, 0.25) is 5.91 Å². The molecule has 0 aliphatic rings. The molecule has 1 amide bonds. The molecule has 0 heterocycles. The molecule has 1 aromatic carbocycles. The summed E-state index contributed by atoms with van der Waals surface area (Å²) in [5, 5.41) is 2.41. The third kappa shape index (κ3) is 2.42. The molecule has 0 aliphatic carbocycles. The van der Waals surface area contributed by atoms with Gasteiger partial charge in [-0.2, -0.15) is 0 Å². The highest BCUT2D eigenvalue weighted by atomic mass is 35.5. The second-order valence-electron chi connectivity index (χ2n) is 2.50. The van der Waals surface area contributed by atoms with Crippen LogP contribution in [-0.2, 0) is 4.79 Å². The Balaban J connectivity index is 2.89. The van der Waals surface area contributed by atoms with Gasteiger partial charge in [0, 0.05) is 6.42 Å². The minimum Gasteiger partial charge on any atom is -0.324 e. The Morgan fingerprint density at radius 2 is 2.31 bits per heavy atom. The number of carbonyl (C=O) groups excluding carboxylic acids is 1. The number of halogens is 2. The van der Waals surface area contributed by atoms with E-state index in [4.69, 9.17) is 11.6 Å². The van der Waals surface area contributed by atoms with Crippen LogP contribution in [0, 0.1) is 5.82 Å². The summed E-state index contributed by atoms with van der Waals surface area (Å²) in [6, 6.07) is 4.48. The topological polar surface area (TPSA) is 29.1 Å². The third-order valence-corrected chi connectivity index (χ3v) is 1.84. The lowest BCUT2D eigenvalue weighted by molar-refractivity contribution is -0.115. The third-order valence-electron chi connectivity index (χ3n) is 1.55. The van der Waals surface area contributed by atoms with Crippen LogP contribution in [0.25, 0.3) is 0 Å². The number of rotatable bonds is 2. The second-order valence-corrected chi connectivity index (χ2v) is 2.91. The standard InChI is InChI=1S/C9H9ClFNO/c1-2-8(13)12-7-5-3-4-6(10)9(7)11/h3-5H,2H2,1H3,(H,12,13). The number of anilines is 1. The normalized spacial score (nSPS) is 9.77. The van der Waals surface area contributed by atoms with Crippen LogP contribution < -0.4 is 5.32 Å². The fourth-order valence-corrected chi connectivity index (χ4v) is 1.01. The summed E-state index contributed by atoms with van der Waals surface area (Å²) in [5.74, 6) is -0.827. The Hall–Kier alpha value is -1.09. The fourth-order valence-electron chi connectivity index (χ4n) is 0.839. The van der Waals surface area contributed by atoms with Crippen molar-refractivity contribution in [2.24, 2.45) is 0 Å². The lowest BCUT2D eigenvalue weighted by atomic mass is 10.3. The number of nitrogens with one attached hydrogen (secondary N) is 1. The van der Waals surface area contributed by atoms with E-state index < -0.39 is 5.82 Å². The van der Waals surface area contributed by atoms with Gasteiger partial charge in [0.25, 0.3) is 0 Å². The van der Waals surface area contributed by atoms with E-state index in [-0.39, 0.29) is 16.6 Å². The average molecular weight is 202 g/mol. The maximum Gasteiger partial charge on any atom is 0.224 e. The molecule has 0 aromatic heterocycles.